The van der Waals surface area contributed by atoms with Crippen molar-refractivity contribution in [2.45, 2.75) is 19.4 Å². The number of hydrogen-bond donors (Lipinski definition) is 3. The summed E-state index contributed by atoms with van der Waals surface area (Å²) in [7, 11) is 1.56. The molecular formula is C13H17ClN2O4. The Morgan fingerprint density at radius 2 is 2.15 bits per heavy atom. The van der Waals surface area contributed by atoms with Crippen LogP contribution in [0.15, 0.2) is 18.2 Å². The van der Waals surface area contributed by atoms with Gasteiger partial charge in [-0.2, -0.15) is 0 Å². The summed E-state index contributed by atoms with van der Waals surface area (Å²) in [5.74, 6) is -1.15. The number of carbonyl (C=O) groups excluding carboxylic acids is 1. The van der Waals surface area contributed by atoms with E-state index in [1.165, 1.54) is 18.2 Å². The molecule has 1 rings (SSSR count). The van der Waals surface area contributed by atoms with Crippen LogP contribution in [0.4, 0.5) is 10.5 Å². The zero-order valence-electron chi connectivity index (χ0n) is 11.3. The lowest BCUT2D eigenvalue weighted by Gasteiger charge is -2.16. The number of carboxylic acid groups (broad SMARTS) is 1. The predicted octanol–water partition coefficient (Wildman–Crippen LogP) is 2.58. The smallest absolute Gasteiger partial charge is 0.337 e. The summed E-state index contributed by atoms with van der Waals surface area (Å²) in [6.45, 7) is 2.33. The Kier molecular flexibility index (Phi) is 6.27. The first-order valence-corrected chi connectivity index (χ1v) is 6.45. The van der Waals surface area contributed by atoms with E-state index in [1.54, 1.807) is 7.11 Å². The maximum absolute atomic E-state index is 11.8. The summed E-state index contributed by atoms with van der Waals surface area (Å²) in [5, 5.41) is 14.4. The maximum Gasteiger partial charge on any atom is 0.337 e. The van der Waals surface area contributed by atoms with Gasteiger partial charge in [0.1, 0.15) is 0 Å². The van der Waals surface area contributed by atoms with Crippen LogP contribution in [0.2, 0.25) is 5.02 Å². The zero-order valence-corrected chi connectivity index (χ0v) is 12.0. The summed E-state index contributed by atoms with van der Waals surface area (Å²) >= 11 is 5.75. The molecule has 0 bridgehead atoms. The molecule has 0 aliphatic heterocycles. The van der Waals surface area contributed by atoms with Gasteiger partial charge in [0.2, 0.25) is 0 Å². The number of aromatic carboxylic acids is 1. The molecular weight excluding hydrogens is 284 g/mol. The molecule has 20 heavy (non-hydrogen) atoms. The number of nitrogens with one attached hydrogen (secondary N) is 2. The van der Waals surface area contributed by atoms with Crippen molar-refractivity contribution in [2.75, 3.05) is 19.0 Å². The lowest BCUT2D eigenvalue weighted by atomic mass is 10.2. The van der Waals surface area contributed by atoms with Gasteiger partial charge in [0.25, 0.3) is 0 Å². The van der Waals surface area contributed by atoms with Crippen LogP contribution in [0.1, 0.15) is 23.7 Å². The van der Waals surface area contributed by atoms with Crippen LogP contribution in [-0.4, -0.2) is 36.9 Å². The molecule has 1 unspecified atom stereocenters. The monoisotopic (exact) mass is 300 g/mol. The molecule has 0 aliphatic carbocycles. The minimum atomic E-state index is -1.15. The zero-order chi connectivity index (χ0) is 15.1. The van der Waals surface area contributed by atoms with Gasteiger partial charge in [-0.1, -0.05) is 18.5 Å². The Balaban J connectivity index is 2.71. The summed E-state index contributed by atoms with van der Waals surface area (Å²) in [6, 6.07) is 3.74. The van der Waals surface area contributed by atoms with E-state index in [2.05, 4.69) is 10.6 Å². The summed E-state index contributed by atoms with van der Waals surface area (Å²) < 4.78 is 4.97. The van der Waals surface area contributed by atoms with Crippen LogP contribution in [-0.2, 0) is 4.74 Å². The number of halogens is 1. The van der Waals surface area contributed by atoms with Gasteiger partial charge < -0.3 is 20.5 Å². The number of carboxylic acids is 1. The number of urea groups is 1. The SMILES string of the molecule is CCC(COC)NC(=O)Nc1ccc(Cl)c(C(=O)O)c1. The van der Waals surface area contributed by atoms with Gasteiger partial charge in [-0.3, -0.25) is 0 Å². The molecule has 1 aromatic carbocycles. The molecule has 0 aromatic heterocycles. The normalized spacial score (nSPS) is 11.8. The number of benzene rings is 1. The van der Waals surface area contributed by atoms with Crippen molar-refractivity contribution in [2.24, 2.45) is 0 Å². The molecule has 2 amide bonds. The highest BCUT2D eigenvalue weighted by atomic mass is 35.5. The van der Waals surface area contributed by atoms with Gasteiger partial charge in [0.15, 0.2) is 0 Å². The maximum atomic E-state index is 11.8. The van der Waals surface area contributed by atoms with E-state index in [4.69, 9.17) is 21.4 Å². The van der Waals surface area contributed by atoms with Gasteiger partial charge in [0, 0.05) is 12.8 Å². The van der Waals surface area contributed by atoms with Crippen LogP contribution in [0.3, 0.4) is 0 Å². The first kappa shape index (κ1) is 16.3. The highest BCUT2D eigenvalue weighted by molar-refractivity contribution is 6.33. The summed E-state index contributed by atoms with van der Waals surface area (Å²) in [5.41, 5.74) is 0.296. The number of rotatable bonds is 6. The van der Waals surface area contributed by atoms with Gasteiger partial charge in [-0.15, -0.1) is 0 Å². The van der Waals surface area contributed by atoms with E-state index in [-0.39, 0.29) is 16.6 Å². The van der Waals surface area contributed by atoms with Crippen LogP contribution in [0, 0.1) is 0 Å². The third-order valence-corrected chi connectivity index (χ3v) is 2.98. The van der Waals surface area contributed by atoms with Crippen LogP contribution >= 0.6 is 11.6 Å². The van der Waals surface area contributed by atoms with Crippen LogP contribution in [0.5, 0.6) is 0 Å². The van der Waals surface area contributed by atoms with E-state index in [0.717, 1.165) is 6.42 Å². The Morgan fingerprint density at radius 3 is 2.70 bits per heavy atom. The highest BCUT2D eigenvalue weighted by Gasteiger charge is 2.13. The fourth-order valence-corrected chi connectivity index (χ4v) is 1.78. The average Bonchev–Trinajstić information content (AvgIpc) is 2.40. The van der Waals surface area contributed by atoms with E-state index in [0.29, 0.717) is 12.3 Å². The Morgan fingerprint density at radius 1 is 1.45 bits per heavy atom. The first-order chi connectivity index (χ1) is 9.47. The molecule has 6 nitrogen and oxygen atoms in total. The minimum Gasteiger partial charge on any atom is -0.478 e. The molecule has 0 radical (unpaired) electrons. The Labute approximate surface area is 122 Å². The molecule has 7 heteroatoms. The molecule has 1 aromatic rings. The number of anilines is 1. The predicted molar refractivity (Wildman–Crippen MR) is 76.5 cm³/mol. The minimum absolute atomic E-state index is 0.0617. The first-order valence-electron chi connectivity index (χ1n) is 6.07. The molecule has 0 fully saturated rings. The summed E-state index contributed by atoms with van der Waals surface area (Å²) in [4.78, 5) is 22.7. The van der Waals surface area contributed by atoms with Gasteiger partial charge >= 0.3 is 12.0 Å². The molecule has 0 heterocycles. The molecule has 110 valence electrons. The lowest BCUT2D eigenvalue weighted by Crippen LogP contribution is -2.40. The third kappa shape index (κ3) is 4.71. The second-order valence-corrected chi connectivity index (χ2v) is 4.57. The highest BCUT2D eigenvalue weighted by Crippen LogP contribution is 2.20. The van der Waals surface area contributed by atoms with Gasteiger partial charge in [-0.25, -0.2) is 9.59 Å². The van der Waals surface area contributed by atoms with Gasteiger partial charge in [0.05, 0.1) is 23.2 Å². The van der Waals surface area contributed by atoms with E-state index >= 15 is 0 Å². The third-order valence-electron chi connectivity index (χ3n) is 2.65. The van der Waals surface area contributed by atoms with Crippen molar-refractivity contribution >= 4 is 29.3 Å². The van der Waals surface area contributed by atoms with Crippen molar-refractivity contribution in [3.05, 3.63) is 28.8 Å². The molecule has 0 saturated heterocycles. The van der Waals surface area contributed by atoms with E-state index in [1.807, 2.05) is 6.92 Å². The average molecular weight is 301 g/mol. The molecule has 0 spiro atoms. The van der Waals surface area contributed by atoms with Crippen LogP contribution in [0.25, 0.3) is 0 Å². The quantitative estimate of drug-likeness (QED) is 0.753. The lowest BCUT2D eigenvalue weighted by molar-refractivity contribution is 0.0697. The number of hydrogen-bond acceptors (Lipinski definition) is 3. The fraction of sp³-hybridized carbons (Fsp3) is 0.385. The van der Waals surface area contributed by atoms with E-state index < -0.39 is 12.0 Å². The van der Waals surface area contributed by atoms with Crippen molar-refractivity contribution in [1.82, 2.24) is 5.32 Å². The fourth-order valence-electron chi connectivity index (χ4n) is 1.58. The van der Waals surface area contributed by atoms with Crippen LogP contribution < -0.4 is 10.6 Å². The Bertz CT molecular complexity index is 493. The number of methoxy groups -OCH3 is 1. The topological polar surface area (TPSA) is 87.7 Å². The second kappa shape index (κ2) is 7.72. The standard InChI is InChI=1S/C13H17ClN2O4/c1-3-8(7-20-2)15-13(19)16-9-4-5-11(14)10(6-9)12(17)18/h4-6,8H,3,7H2,1-2H3,(H,17,18)(H2,15,16,19). The Hall–Kier alpha value is -1.79. The molecule has 0 aliphatic rings. The number of carbonyl (C=O) groups is 2. The molecule has 0 saturated carbocycles. The van der Waals surface area contributed by atoms with Crippen molar-refractivity contribution in [1.29, 1.82) is 0 Å². The van der Waals surface area contributed by atoms with Crippen molar-refractivity contribution in [3.8, 4) is 0 Å². The molecule has 3 N–H and O–H groups in total. The molecule has 1 atom stereocenters. The second-order valence-electron chi connectivity index (χ2n) is 4.16. The van der Waals surface area contributed by atoms with Crippen molar-refractivity contribution < 1.29 is 19.4 Å². The largest absolute Gasteiger partial charge is 0.478 e. The summed E-state index contributed by atoms with van der Waals surface area (Å²) in [6.07, 6.45) is 0.724. The van der Waals surface area contributed by atoms with Gasteiger partial charge in [-0.05, 0) is 24.6 Å². The van der Waals surface area contributed by atoms with E-state index in [9.17, 15) is 9.59 Å². The number of ether oxygens (including phenoxy) is 1. The number of amides is 2. The van der Waals surface area contributed by atoms with Crippen molar-refractivity contribution in [3.63, 3.8) is 0 Å².